The fraction of sp³-hybridized carbons (Fsp3) is 0.353. The highest BCUT2D eigenvalue weighted by Gasteiger charge is 2.23. The van der Waals surface area contributed by atoms with Crippen LogP contribution in [0.3, 0.4) is 0 Å². The summed E-state index contributed by atoms with van der Waals surface area (Å²) in [5.74, 6) is 0.0541. The molecule has 8 heteroatoms. The molecule has 134 valence electrons. The molecule has 0 spiro atoms. The maximum atomic E-state index is 12.3. The molecule has 2 rings (SSSR count). The molecule has 0 saturated heterocycles. The van der Waals surface area contributed by atoms with Crippen molar-refractivity contribution in [3.63, 3.8) is 0 Å². The Balaban J connectivity index is 1.95. The number of ether oxygens (including phenoxy) is 1. The molecule has 0 bridgehead atoms. The zero-order valence-electron chi connectivity index (χ0n) is 14.4. The molecule has 0 aliphatic rings. The van der Waals surface area contributed by atoms with Crippen molar-refractivity contribution < 1.29 is 18.8 Å². The number of hydrogen-bond acceptors (Lipinski definition) is 5. The first-order valence-electron chi connectivity index (χ1n) is 7.78. The average molecular weight is 410 g/mol. The Morgan fingerprint density at radius 2 is 1.96 bits per heavy atom. The standard InChI is InChI=1S/C17H20BrN3O4/c1-9(2)15-14(10(3)21-25-15)17(23)20-19-16(22)11(4)24-13-7-5-6-12(18)8-13/h5-9,11H,1-4H3,(H,19,22)(H,20,23)/t11-/m0/s1. The predicted molar refractivity (Wildman–Crippen MR) is 95.2 cm³/mol. The van der Waals surface area contributed by atoms with Crippen LogP contribution in [0.5, 0.6) is 5.75 Å². The molecule has 1 atom stereocenters. The third kappa shape index (κ3) is 4.82. The molecule has 0 unspecified atom stereocenters. The topological polar surface area (TPSA) is 93.5 Å². The van der Waals surface area contributed by atoms with Crippen LogP contribution < -0.4 is 15.6 Å². The summed E-state index contributed by atoms with van der Waals surface area (Å²) in [6.07, 6.45) is -0.789. The molecule has 2 amide bonds. The van der Waals surface area contributed by atoms with Gasteiger partial charge in [0.1, 0.15) is 11.3 Å². The smallest absolute Gasteiger partial charge is 0.279 e. The van der Waals surface area contributed by atoms with Crippen molar-refractivity contribution >= 4 is 27.7 Å². The zero-order chi connectivity index (χ0) is 18.6. The summed E-state index contributed by atoms with van der Waals surface area (Å²) in [6.45, 7) is 7.05. The number of aromatic nitrogens is 1. The minimum atomic E-state index is -0.789. The fourth-order valence-electron chi connectivity index (χ4n) is 2.14. The molecule has 7 nitrogen and oxygen atoms in total. The van der Waals surface area contributed by atoms with E-state index in [0.29, 0.717) is 22.8 Å². The first kappa shape index (κ1) is 19.0. The van der Waals surface area contributed by atoms with Crippen LogP contribution in [0.15, 0.2) is 33.3 Å². The second-order valence-electron chi connectivity index (χ2n) is 5.82. The molecule has 1 heterocycles. The minimum absolute atomic E-state index is 0.00330. The van der Waals surface area contributed by atoms with Gasteiger partial charge in [-0.2, -0.15) is 0 Å². The van der Waals surface area contributed by atoms with Gasteiger partial charge >= 0.3 is 0 Å². The molecule has 0 fully saturated rings. The van der Waals surface area contributed by atoms with Crippen molar-refractivity contribution in [2.75, 3.05) is 0 Å². The number of halogens is 1. The maximum Gasteiger partial charge on any atom is 0.279 e. The van der Waals surface area contributed by atoms with E-state index in [1.165, 1.54) is 0 Å². The molecule has 25 heavy (non-hydrogen) atoms. The lowest BCUT2D eigenvalue weighted by Crippen LogP contribution is -2.47. The van der Waals surface area contributed by atoms with Crippen LogP contribution in [-0.2, 0) is 4.79 Å². The fourth-order valence-corrected chi connectivity index (χ4v) is 2.52. The average Bonchev–Trinajstić information content (AvgIpc) is 2.94. The van der Waals surface area contributed by atoms with E-state index < -0.39 is 17.9 Å². The van der Waals surface area contributed by atoms with E-state index in [2.05, 4.69) is 31.9 Å². The Kier molecular flexibility index (Phi) is 6.19. The van der Waals surface area contributed by atoms with Gasteiger partial charge in [0.2, 0.25) is 0 Å². The third-order valence-electron chi connectivity index (χ3n) is 3.42. The van der Waals surface area contributed by atoms with Gasteiger partial charge in [0, 0.05) is 10.4 Å². The minimum Gasteiger partial charge on any atom is -0.481 e. The van der Waals surface area contributed by atoms with Gasteiger partial charge in [-0.05, 0) is 32.0 Å². The molecular formula is C17H20BrN3O4. The molecule has 0 saturated carbocycles. The lowest BCUT2D eigenvalue weighted by Gasteiger charge is -2.15. The highest BCUT2D eigenvalue weighted by atomic mass is 79.9. The Morgan fingerprint density at radius 1 is 1.24 bits per heavy atom. The molecule has 2 N–H and O–H groups in total. The summed E-state index contributed by atoms with van der Waals surface area (Å²) < 4.78 is 11.6. The van der Waals surface area contributed by atoms with Gasteiger partial charge in [-0.15, -0.1) is 0 Å². The summed E-state index contributed by atoms with van der Waals surface area (Å²) >= 11 is 3.33. The van der Waals surface area contributed by atoms with E-state index in [4.69, 9.17) is 9.26 Å². The van der Waals surface area contributed by atoms with Crippen molar-refractivity contribution in [1.82, 2.24) is 16.0 Å². The van der Waals surface area contributed by atoms with E-state index in [1.807, 2.05) is 19.9 Å². The summed E-state index contributed by atoms with van der Waals surface area (Å²) in [4.78, 5) is 24.4. The first-order valence-corrected chi connectivity index (χ1v) is 8.57. The number of carbonyl (C=O) groups is 2. The van der Waals surface area contributed by atoms with Gasteiger partial charge in [-0.25, -0.2) is 0 Å². The second-order valence-corrected chi connectivity index (χ2v) is 6.74. The number of hydrazine groups is 1. The highest BCUT2D eigenvalue weighted by molar-refractivity contribution is 9.10. The molecule has 1 aromatic heterocycles. The summed E-state index contributed by atoms with van der Waals surface area (Å²) in [5.41, 5.74) is 5.52. The summed E-state index contributed by atoms with van der Waals surface area (Å²) in [7, 11) is 0. The van der Waals surface area contributed by atoms with Crippen molar-refractivity contribution in [2.45, 2.75) is 39.7 Å². The number of amides is 2. The maximum absolute atomic E-state index is 12.3. The summed E-state index contributed by atoms with van der Waals surface area (Å²) in [6, 6.07) is 7.14. The van der Waals surface area contributed by atoms with E-state index in [0.717, 1.165) is 4.47 Å². The molecule has 0 radical (unpaired) electrons. The SMILES string of the molecule is Cc1noc(C(C)C)c1C(=O)NNC(=O)[C@H](C)Oc1cccc(Br)c1. The van der Waals surface area contributed by atoms with Crippen LogP contribution in [-0.4, -0.2) is 23.1 Å². The van der Waals surface area contributed by atoms with Gasteiger partial charge in [-0.3, -0.25) is 20.4 Å². The van der Waals surface area contributed by atoms with Crippen LogP contribution in [0.2, 0.25) is 0 Å². The molecule has 0 aliphatic carbocycles. The Hall–Kier alpha value is -2.35. The molecule has 1 aromatic carbocycles. The van der Waals surface area contributed by atoms with E-state index >= 15 is 0 Å². The number of aryl methyl sites for hydroxylation is 1. The highest BCUT2D eigenvalue weighted by Crippen LogP contribution is 2.22. The van der Waals surface area contributed by atoms with E-state index in [-0.39, 0.29) is 5.92 Å². The number of carbonyl (C=O) groups excluding carboxylic acids is 2. The van der Waals surface area contributed by atoms with Crippen molar-refractivity contribution in [1.29, 1.82) is 0 Å². The van der Waals surface area contributed by atoms with Crippen LogP contribution in [0.1, 0.15) is 48.5 Å². The number of benzene rings is 1. The van der Waals surface area contributed by atoms with Crippen LogP contribution >= 0.6 is 15.9 Å². The van der Waals surface area contributed by atoms with Gasteiger partial charge in [0.25, 0.3) is 11.8 Å². The molecular weight excluding hydrogens is 390 g/mol. The normalized spacial score (nSPS) is 11.9. The zero-order valence-corrected chi connectivity index (χ0v) is 16.0. The Morgan fingerprint density at radius 3 is 2.60 bits per heavy atom. The van der Waals surface area contributed by atoms with E-state index in [1.54, 1.807) is 32.0 Å². The van der Waals surface area contributed by atoms with Gasteiger partial charge in [0.05, 0.1) is 5.69 Å². The summed E-state index contributed by atoms with van der Waals surface area (Å²) in [5, 5.41) is 3.81. The van der Waals surface area contributed by atoms with Crippen LogP contribution in [0.25, 0.3) is 0 Å². The van der Waals surface area contributed by atoms with Crippen molar-refractivity contribution in [3.8, 4) is 5.75 Å². The van der Waals surface area contributed by atoms with Crippen LogP contribution in [0, 0.1) is 6.92 Å². The monoisotopic (exact) mass is 409 g/mol. The van der Waals surface area contributed by atoms with Crippen molar-refractivity contribution in [3.05, 3.63) is 45.8 Å². The first-order chi connectivity index (χ1) is 11.8. The predicted octanol–water partition coefficient (Wildman–Crippen LogP) is 3.10. The van der Waals surface area contributed by atoms with Gasteiger partial charge in [-0.1, -0.05) is 41.0 Å². The van der Waals surface area contributed by atoms with Gasteiger partial charge < -0.3 is 9.26 Å². The Bertz CT molecular complexity index is 773. The number of nitrogens with zero attached hydrogens (tertiary/aromatic N) is 1. The largest absolute Gasteiger partial charge is 0.481 e. The third-order valence-corrected chi connectivity index (χ3v) is 3.91. The van der Waals surface area contributed by atoms with Gasteiger partial charge in [0.15, 0.2) is 11.9 Å². The van der Waals surface area contributed by atoms with Crippen molar-refractivity contribution in [2.24, 2.45) is 0 Å². The lowest BCUT2D eigenvalue weighted by molar-refractivity contribution is -0.128. The van der Waals surface area contributed by atoms with E-state index in [9.17, 15) is 9.59 Å². The quantitative estimate of drug-likeness (QED) is 0.739. The molecule has 0 aliphatic heterocycles. The lowest BCUT2D eigenvalue weighted by atomic mass is 10.1. The number of rotatable bonds is 5. The molecule has 2 aromatic rings. The second kappa shape index (κ2) is 8.15. The number of hydrogen-bond donors (Lipinski definition) is 2. The Labute approximate surface area is 154 Å². The number of nitrogens with one attached hydrogen (secondary N) is 2. The van der Waals surface area contributed by atoms with Crippen LogP contribution in [0.4, 0.5) is 0 Å².